The number of hydrogen-bond acceptors (Lipinski definition) is 3. The van der Waals surface area contributed by atoms with Crippen LogP contribution in [0, 0.1) is 25.7 Å². The Bertz CT molecular complexity index is 523. The van der Waals surface area contributed by atoms with E-state index in [-0.39, 0.29) is 17.9 Å². The number of fused-ring (bicyclic) bond motifs is 3. The van der Waals surface area contributed by atoms with Gasteiger partial charge in [0.25, 0.3) is 0 Å². The minimum Gasteiger partial charge on any atom is -0.481 e. The highest BCUT2D eigenvalue weighted by Gasteiger charge is 2.44. The van der Waals surface area contributed by atoms with E-state index < -0.39 is 5.97 Å². The molecule has 0 radical (unpaired) electrons. The van der Waals surface area contributed by atoms with Crippen LogP contribution >= 0.6 is 0 Å². The second-order valence-corrected chi connectivity index (χ2v) is 6.50. The maximum atomic E-state index is 11.4. The third kappa shape index (κ3) is 3.11. The number of ether oxygens (including phenoxy) is 1. The van der Waals surface area contributed by atoms with Gasteiger partial charge >= 0.3 is 5.97 Å². The Balaban J connectivity index is 1.66. The van der Waals surface area contributed by atoms with Gasteiger partial charge in [-0.25, -0.2) is 0 Å². The maximum absolute atomic E-state index is 11.4. The molecule has 0 spiro atoms. The first kappa shape index (κ1) is 14.5. The van der Waals surface area contributed by atoms with Crippen molar-refractivity contribution in [3.05, 3.63) is 34.9 Å². The molecule has 3 aliphatic rings. The second-order valence-electron chi connectivity index (χ2n) is 6.50. The van der Waals surface area contributed by atoms with E-state index in [2.05, 4.69) is 36.9 Å². The van der Waals surface area contributed by atoms with Gasteiger partial charge in [0, 0.05) is 19.0 Å². The molecule has 21 heavy (non-hydrogen) atoms. The van der Waals surface area contributed by atoms with Crippen molar-refractivity contribution in [3.8, 4) is 0 Å². The molecule has 114 valence electrons. The van der Waals surface area contributed by atoms with Crippen LogP contribution in [0.25, 0.3) is 0 Å². The molecule has 0 aliphatic carbocycles. The third-order valence-corrected chi connectivity index (χ3v) is 4.73. The van der Waals surface area contributed by atoms with E-state index in [9.17, 15) is 9.90 Å². The Morgan fingerprint density at radius 2 is 2.00 bits per heavy atom. The highest BCUT2D eigenvalue weighted by Crippen LogP contribution is 2.35. The first-order valence-corrected chi connectivity index (χ1v) is 7.67. The summed E-state index contributed by atoms with van der Waals surface area (Å²) in [5, 5.41) is 9.35. The van der Waals surface area contributed by atoms with Crippen molar-refractivity contribution in [1.29, 1.82) is 0 Å². The number of carbonyl (C=O) groups is 1. The van der Waals surface area contributed by atoms with Gasteiger partial charge in [0.15, 0.2) is 0 Å². The largest absolute Gasteiger partial charge is 0.481 e. The molecule has 3 saturated heterocycles. The Labute approximate surface area is 125 Å². The van der Waals surface area contributed by atoms with Crippen LogP contribution in [-0.2, 0) is 16.1 Å². The highest BCUT2D eigenvalue weighted by molar-refractivity contribution is 5.71. The lowest BCUT2D eigenvalue weighted by atomic mass is 9.77. The summed E-state index contributed by atoms with van der Waals surface area (Å²) >= 11 is 0. The van der Waals surface area contributed by atoms with Crippen molar-refractivity contribution >= 4 is 5.97 Å². The predicted octanol–water partition coefficient (Wildman–Crippen LogP) is 2.22. The molecule has 1 aromatic carbocycles. The zero-order chi connectivity index (χ0) is 15.0. The number of piperidine rings is 3. The van der Waals surface area contributed by atoms with Gasteiger partial charge in [-0.15, -0.1) is 0 Å². The van der Waals surface area contributed by atoms with Crippen LogP contribution in [-0.4, -0.2) is 41.7 Å². The Hall–Kier alpha value is -1.39. The van der Waals surface area contributed by atoms with Crippen LogP contribution in [0.2, 0.25) is 0 Å². The van der Waals surface area contributed by atoms with Crippen molar-refractivity contribution in [3.63, 3.8) is 0 Å². The average molecular weight is 289 g/mol. The first-order chi connectivity index (χ1) is 10.0. The minimum absolute atomic E-state index is 0.0504. The zero-order valence-corrected chi connectivity index (χ0v) is 12.7. The van der Waals surface area contributed by atoms with Crippen LogP contribution in [0.5, 0.6) is 0 Å². The molecule has 4 nitrogen and oxygen atoms in total. The lowest BCUT2D eigenvalue weighted by Gasteiger charge is -2.47. The summed E-state index contributed by atoms with van der Waals surface area (Å²) in [6.07, 6.45) is 0.989. The molecule has 4 atom stereocenters. The molecule has 3 fully saturated rings. The number of benzene rings is 1. The molecule has 0 saturated carbocycles. The Kier molecular flexibility index (Phi) is 4.00. The number of nitrogens with zero attached hydrogens (tertiary/aromatic N) is 1. The Morgan fingerprint density at radius 1 is 1.29 bits per heavy atom. The summed E-state index contributed by atoms with van der Waals surface area (Å²) in [5.74, 6) is -0.778. The van der Waals surface area contributed by atoms with E-state index in [0.29, 0.717) is 13.2 Å². The van der Waals surface area contributed by atoms with Gasteiger partial charge in [-0.05, 0) is 32.4 Å². The van der Waals surface area contributed by atoms with Gasteiger partial charge in [0.1, 0.15) is 0 Å². The summed E-state index contributed by atoms with van der Waals surface area (Å²) < 4.78 is 6.09. The normalized spacial score (nSPS) is 31.3. The quantitative estimate of drug-likeness (QED) is 0.923. The topological polar surface area (TPSA) is 49.8 Å². The first-order valence-electron chi connectivity index (χ1n) is 7.67. The molecule has 3 heterocycles. The minimum atomic E-state index is -0.676. The molecule has 1 aromatic rings. The third-order valence-electron chi connectivity index (χ3n) is 4.73. The number of carboxylic acids is 1. The fourth-order valence-electron chi connectivity index (χ4n) is 3.83. The van der Waals surface area contributed by atoms with Crippen molar-refractivity contribution in [2.45, 2.75) is 33.0 Å². The number of rotatable bonds is 4. The van der Waals surface area contributed by atoms with E-state index in [1.165, 1.54) is 16.7 Å². The molecule has 4 heteroatoms. The lowest BCUT2D eigenvalue weighted by Crippen LogP contribution is -2.58. The molecule has 4 unspecified atom stereocenters. The van der Waals surface area contributed by atoms with Gasteiger partial charge in [-0.1, -0.05) is 29.3 Å². The van der Waals surface area contributed by atoms with E-state index >= 15 is 0 Å². The Morgan fingerprint density at radius 3 is 2.62 bits per heavy atom. The fourth-order valence-corrected chi connectivity index (χ4v) is 3.83. The van der Waals surface area contributed by atoms with Gasteiger partial charge < -0.3 is 9.84 Å². The molecule has 0 amide bonds. The van der Waals surface area contributed by atoms with Crippen molar-refractivity contribution < 1.29 is 14.6 Å². The summed E-state index contributed by atoms with van der Waals surface area (Å²) in [5.41, 5.74) is 3.66. The van der Waals surface area contributed by atoms with Gasteiger partial charge in [0.05, 0.1) is 18.6 Å². The summed E-state index contributed by atoms with van der Waals surface area (Å²) in [6, 6.07) is 6.43. The molecule has 3 aliphatic heterocycles. The molecular formula is C17H23NO3. The van der Waals surface area contributed by atoms with Crippen LogP contribution < -0.4 is 0 Å². The zero-order valence-electron chi connectivity index (χ0n) is 12.7. The van der Waals surface area contributed by atoms with Crippen LogP contribution in [0.15, 0.2) is 18.2 Å². The molecule has 0 aromatic heterocycles. The number of aryl methyl sites for hydroxylation is 2. The highest BCUT2D eigenvalue weighted by atomic mass is 16.5. The number of aliphatic carboxylic acids is 1. The summed E-state index contributed by atoms with van der Waals surface area (Å²) in [6.45, 7) is 7.32. The van der Waals surface area contributed by atoms with Gasteiger partial charge in [-0.3, -0.25) is 9.69 Å². The molecular weight excluding hydrogens is 266 g/mol. The van der Waals surface area contributed by atoms with Crippen molar-refractivity contribution in [1.82, 2.24) is 4.90 Å². The predicted molar refractivity (Wildman–Crippen MR) is 80.2 cm³/mol. The van der Waals surface area contributed by atoms with Crippen molar-refractivity contribution in [2.24, 2.45) is 11.8 Å². The molecule has 2 bridgehead atoms. The van der Waals surface area contributed by atoms with E-state index in [0.717, 1.165) is 19.5 Å². The maximum Gasteiger partial charge on any atom is 0.308 e. The van der Waals surface area contributed by atoms with Gasteiger partial charge in [0.2, 0.25) is 0 Å². The van der Waals surface area contributed by atoms with Crippen molar-refractivity contribution in [2.75, 3.05) is 19.6 Å². The average Bonchev–Trinajstić information content (AvgIpc) is 2.44. The summed E-state index contributed by atoms with van der Waals surface area (Å²) in [7, 11) is 0. The van der Waals surface area contributed by atoms with Crippen LogP contribution in [0.1, 0.15) is 23.1 Å². The SMILES string of the molecule is Cc1cc(C)cc(COC2CN3CCC2C(C(=O)O)C3)c1. The van der Waals surface area contributed by atoms with E-state index in [1.54, 1.807) is 0 Å². The van der Waals surface area contributed by atoms with Crippen LogP contribution in [0.4, 0.5) is 0 Å². The van der Waals surface area contributed by atoms with E-state index in [4.69, 9.17) is 4.74 Å². The number of carboxylic acid groups (broad SMARTS) is 1. The molecule has 4 rings (SSSR count). The lowest BCUT2D eigenvalue weighted by molar-refractivity contribution is -0.159. The van der Waals surface area contributed by atoms with Gasteiger partial charge in [-0.2, -0.15) is 0 Å². The summed E-state index contributed by atoms with van der Waals surface area (Å²) in [4.78, 5) is 13.6. The second kappa shape index (κ2) is 5.78. The smallest absolute Gasteiger partial charge is 0.308 e. The fraction of sp³-hybridized carbons (Fsp3) is 0.588. The van der Waals surface area contributed by atoms with Crippen LogP contribution in [0.3, 0.4) is 0 Å². The molecule has 1 N–H and O–H groups in total. The standard InChI is InChI=1S/C17H23NO3/c1-11-5-12(2)7-13(6-11)10-21-16-9-18-4-3-14(16)15(8-18)17(19)20/h5-7,14-16H,3-4,8-10H2,1-2H3,(H,19,20). The number of hydrogen-bond donors (Lipinski definition) is 1. The monoisotopic (exact) mass is 289 g/mol. The van der Waals surface area contributed by atoms with E-state index in [1.807, 2.05) is 0 Å².